The zero-order valence-electron chi connectivity index (χ0n) is 13.2. The van der Waals surface area contributed by atoms with E-state index in [2.05, 4.69) is 4.90 Å². The third kappa shape index (κ3) is 4.13. The molecule has 2 aliphatic rings. The van der Waals surface area contributed by atoms with Crippen LogP contribution in [0.3, 0.4) is 0 Å². The molecule has 0 aromatic rings. The van der Waals surface area contributed by atoms with Crippen molar-refractivity contribution in [1.82, 2.24) is 4.90 Å². The molecular weight excluding hydrogens is 278 g/mol. The second-order valence-corrected chi connectivity index (χ2v) is 6.31. The van der Waals surface area contributed by atoms with Crippen LogP contribution in [0.5, 0.6) is 0 Å². The van der Waals surface area contributed by atoms with Gasteiger partial charge in [0.1, 0.15) is 24.4 Å². The SMILES string of the molecule is CN(C)CCCO[C@@H]1[C@H]2OC(C)(C)O[C@H]2O[C@@H]1C(O)CO. The Hall–Kier alpha value is -0.280. The largest absolute Gasteiger partial charge is 0.394 e. The monoisotopic (exact) mass is 305 g/mol. The molecule has 7 heteroatoms. The molecule has 0 radical (unpaired) electrons. The maximum absolute atomic E-state index is 9.88. The van der Waals surface area contributed by atoms with Crippen LogP contribution >= 0.6 is 0 Å². The summed E-state index contributed by atoms with van der Waals surface area (Å²) >= 11 is 0. The molecule has 2 N–H and O–H groups in total. The second kappa shape index (κ2) is 6.87. The van der Waals surface area contributed by atoms with E-state index in [1.807, 2.05) is 27.9 Å². The fourth-order valence-electron chi connectivity index (χ4n) is 2.71. The summed E-state index contributed by atoms with van der Waals surface area (Å²) in [4.78, 5) is 2.08. The van der Waals surface area contributed by atoms with E-state index >= 15 is 0 Å². The zero-order chi connectivity index (χ0) is 15.6. The molecule has 0 aromatic carbocycles. The number of hydrogen-bond donors (Lipinski definition) is 2. The molecule has 0 saturated carbocycles. The molecule has 0 spiro atoms. The normalized spacial score (nSPS) is 36.1. The van der Waals surface area contributed by atoms with Crippen molar-refractivity contribution >= 4 is 0 Å². The van der Waals surface area contributed by atoms with Gasteiger partial charge in [-0.3, -0.25) is 0 Å². The average Bonchev–Trinajstić information content (AvgIpc) is 2.86. The van der Waals surface area contributed by atoms with Gasteiger partial charge in [-0.05, 0) is 40.9 Å². The van der Waals surface area contributed by atoms with Crippen molar-refractivity contribution in [2.75, 3.05) is 33.9 Å². The number of aliphatic hydroxyl groups is 2. The minimum absolute atomic E-state index is 0.384. The number of hydrogen-bond acceptors (Lipinski definition) is 7. The molecule has 124 valence electrons. The predicted octanol–water partition coefficient (Wildman–Crippen LogP) is -0.447. The number of rotatable bonds is 7. The first-order chi connectivity index (χ1) is 9.84. The van der Waals surface area contributed by atoms with E-state index in [0.29, 0.717) is 6.61 Å². The molecule has 2 saturated heterocycles. The fourth-order valence-corrected chi connectivity index (χ4v) is 2.71. The lowest BCUT2D eigenvalue weighted by Gasteiger charge is -2.28. The third-order valence-electron chi connectivity index (χ3n) is 3.65. The van der Waals surface area contributed by atoms with Crippen molar-refractivity contribution in [1.29, 1.82) is 0 Å². The molecule has 1 unspecified atom stereocenters. The maximum Gasteiger partial charge on any atom is 0.190 e. The molecule has 21 heavy (non-hydrogen) atoms. The topological polar surface area (TPSA) is 80.6 Å². The summed E-state index contributed by atoms with van der Waals surface area (Å²) in [6.07, 6.45) is -2.17. The lowest BCUT2D eigenvalue weighted by molar-refractivity contribution is -0.231. The zero-order valence-corrected chi connectivity index (χ0v) is 13.2. The number of aliphatic hydroxyl groups excluding tert-OH is 2. The maximum atomic E-state index is 9.88. The summed E-state index contributed by atoms with van der Waals surface area (Å²) in [5, 5.41) is 19.0. The Morgan fingerprint density at radius 2 is 2.00 bits per heavy atom. The lowest BCUT2D eigenvalue weighted by atomic mass is 10.1. The first kappa shape index (κ1) is 17.1. The molecular formula is C14H27NO6. The number of nitrogens with zero attached hydrogens (tertiary/aromatic N) is 1. The van der Waals surface area contributed by atoms with Crippen LogP contribution in [0.4, 0.5) is 0 Å². The summed E-state index contributed by atoms with van der Waals surface area (Å²) in [5.74, 6) is -0.726. The van der Waals surface area contributed by atoms with Crippen LogP contribution in [0.25, 0.3) is 0 Å². The fraction of sp³-hybridized carbons (Fsp3) is 1.00. The van der Waals surface area contributed by atoms with Crippen LogP contribution in [-0.2, 0) is 18.9 Å². The van der Waals surface area contributed by atoms with Crippen molar-refractivity contribution < 1.29 is 29.2 Å². The summed E-state index contributed by atoms with van der Waals surface area (Å²) in [6.45, 7) is 4.70. The van der Waals surface area contributed by atoms with Crippen LogP contribution in [0.1, 0.15) is 20.3 Å². The quantitative estimate of drug-likeness (QED) is 0.617. The first-order valence-corrected chi connectivity index (χ1v) is 7.40. The van der Waals surface area contributed by atoms with E-state index in [9.17, 15) is 5.11 Å². The van der Waals surface area contributed by atoms with Gasteiger partial charge in [-0.25, -0.2) is 0 Å². The van der Waals surface area contributed by atoms with Crippen LogP contribution < -0.4 is 0 Å². The van der Waals surface area contributed by atoms with E-state index < -0.39 is 30.4 Å². The van der Waals surface area contributed by atoms with Crippen molar-refractivity contribution in [3.05, 3.63) is 0 Å². The van der Waals surface area contributed by atoms with E-state index in [1.54, 1.807) is 0 Å². The number of fused-ring (bicyclic) bond motifs is 1. The molecule has 0 aromatic heterocycles. The molecule has 2 heterocycles. The summed E-state index contributed by atoms with van der Waals surface area (Å²) in [5.41, 5.74) is 0. The Morgan fingerprint density at radius 3 is 2.62 bits per heavy atom. The van der Waals surface area contributed by atoms with Crippen LogP contribution in [0.2, 0.25) is 0 Å². The van der Waals surface area contributed by atoms with Gasteiger partial charge in [0.25, 0.3) is 0 Å². The minimum Gasteiger partial charge on any atom is -0.394 e. The van der Waals surface area contributed by atoms with Gasteiger partial charge in [-0.2, -0.15) is 0 Å². The molecule has 0 amide bonds. The van der Waals surface area contributed by atoms with Gasteiger partial charge in [0.15, 0.2) is 12.1 Å². The highest BCUT2D eigenvalue weighted by Crippen LogP contribution is 2.39. The predicted molar refractivity (Wildman–Crippen MR) is 74.7 cm³/mol. The number of ether oxygens (including phenoxy) is 4. The smallest absolute Gasteiger partial charge is 0.190 e. The van der Waals surface area contributed by atoms with Gasteiger partial charge in [0, 0.05) is 6.61 Å². The molecule has 7 nitrogen and oxygen atoms in total. The third-order valence-corrected chi connectivity index (χ3v) is 3.65. The van der Waals surface area contributed by atoms with Crippen molar-refractivity contribution in [3.63, 3.8) is 0 Å². The Morgan fingerprint density at radius 1 is 1.29 bits per heavy atom. The van der Waals surface area contributed by atoms with Crippen molar-refractivity contribution in [2.24, 2.45) is 0 Å². The Bertz CT molecular complexity index is 337. The average molecular weight is 305 g/mol. The van der Waals surface area contributed by atoms with E-state index in [1.165, 1.54) is 0 Å². The molecule has 2 rings (SSSR count). The van der Waals surface area contributed by atoms with Gasteiger partial charge >= 0.3 is 0 Å². The van der Waals surface area contributed by atoms with Crippen molar-refractivity contribution in [3.8, 4) is 0 Å². The molecule has 0 aliphatic carbocycles. The van der Waals surface area contributed by atoms with E-state index in [0.717, 1.165) is 13.0 Å². The van der Waals surface area contributed by atoms with Crippen LogP contribution in [-0.4, -0.2) is 85.5 Å². The molecule has 5 atom stereocenters. The van der Waals surface area contributed by atoms with E-state index in [-0.39, 0.29) is 12.7 Å². The van der Waals surface area contributed by atoms with Crippen molar-refractivity contribution in [2.45, 2.75) is 56.8 Å². The summed E-state index contributed by atoms with van der Waals surface area (Å²) < 4.78 is 23.0. The standard InChI is InChI=1S/C14H27NO6/c1-14(2)20-12-11(18-7-5-6-15(3)4)10(9(17)8-16)19-13(12)21-14/h9-13,16-17H,5-8H2,1-4H3/t9?,10-,11+,12-,13-/m1/s1. The van der Waals surface area contributed by atoms with Gasteiger partial charge in [-0.15, -0.1) is 0 Å². The van der Waals surface area contributed by atoms with Gasteiger partial charge in [0.2, 0.25) is 0 Å². The lowest BCUT2D eigenvalue weighted by Crippen LogP contribution is -2.44. The molecule has 2 aliphatic heterocycles. The first-order valence-electron chi connectivity index (χ1n) is 7.40. The Kier molecular flexibility index (Phi) is 5.59. The second-order valence-electron chi connectivity index (χ2n) is 6.31. The molecule has 2 fully saturated rings. The van der Waals surface area contributed by atoms with Gasteiger partial charge in [-0.1, -0.05) is 0 Å². The highest BCUT2D eigenvalue weighted by molar-refractivity contribution is 4.96. The highest BCUT2D eigenvalue weighted by atomic mass is 16.8. The summed E-state index contributed by atoms with van der Waals surface area (Å²) in [7, 11) is 4.01. The minimum atomic E-state index is -1.01. The molecule has 0 bridgehead atoms. The van der Waals surface area contributed by atoms with Gasteiger partial charge in [0.05, 0.1) is 6.61 Å². The van der Waals surface area contributed by atoms with Gasteiger partial charge < -0.3 is 34.1 Å². The summed E-state index contributed by atoms with van der Waals surface area (Å²) in [6, 6.07) is 0. The Balaban J connectivity index is 1.94. The highest BCUT2D eigenvalue weighted by Gasteiger charge is 2.56. The van der Waals surface area contributed by atoms with Crippen LogP contribution in [0, 0.1) is 0 Å². The van der Waals surface area contributed by atoms with Crippen LogP contribution in [0.15, 0.2) is 0 Å². The van der Waals surface area contributed by atoms with E-state index in [4.69, 9.17) is 24.1 Å². The Labute approximate surface area is 125 Å².